The van der Waals surface area contributed by atoms with Gasteiger partial charge in [-0.1, -0.05) is 11.6 Å². The van der Waals surface area contributed by atoms with E-state index < -0.39 is 0 Å². The molecule has 1 aromatic carbocycles. The molecule has 1 saturated heterocycles. The first-order valence-corrected chi connectivity index (χ1v) is 10.8. The van der Waals surface area contributed by atoms with Crippen LogP contribution in [0.25, 0.3) is 0 Å². The summed E-state index contributed by atoms with van der Waals surface area (Å²) in [5.41, 5.74) is 0. The Bertz CT molecular complexity index is 589. The van der Waals surface area contributed by atoms with Gasteiger partial charge in [-0.2, -0.15) is 0 Å². The lowest BCUT2D eigenvalue weighted by Crippen LogP contribution is -3.16. The summed E-state index contributed by atoms with van der Waals surface area (Å²) in [5, 5.41) is 7.86. The van der Waals surface area contributed by atoms with Gasteiger partial charge in [-0.3, -0.25) is 4.79 Å². The molecule has 0 radical (unpaired) electrons. The number of rotatable bonds is 7. The van der Waals surface area contributed by atoms with Gasteiger partial charge in [-0.15, -0.1) is 11.8 Å². The molecule has 0 spiro atoms. The molecule has 1 aliphatic rings. The van der Waals surface area contributed by atoms with Crippen molar-refractivity contribution in [3.8, 4) is 0 Å². The molecule has 1 heterocycles. The highest BCUT2D eigenvalue weighted by atomic mass is 35.5. The number of hydrogen-bond acceptors (Lipinski definition) is 3. The highest BCUT2D eigenvalue weighted by Gasteiger charge is 2.23. The van der Waals surface area contributed by atoms with Crippen LogP contribution in [0.1, 0.15) is 13.8 Å². The SMILES string of the molecule is CC(C)NC(=O)C[NH+]1CCN(C(=S)NCCSc2ccc(Cl)cc2)CC1. The summed E-state index contributed by atoms with van der Waals surface area (Å²) < 4.78 is 0. The molecule has 0 aromatic heterocycles. The van der Waals surface area contributed by atoms with Crippen LogP contribution in [0.5, 0.6) is 0 Å². The number of piperazine rings is 1. The summed E-state index contributed by atoms with van der Waals surface area (Å²) in [6.07, 6.45) is 0. The maximum absolute atomic E-state index is 11.9. The van der Waals surface area contributed by atoms with Gasteiger partial charge in [-0.05, 0) is 50.3 Å². The Morgan fingerprint density at radius 2 is 1.96 bits per heavy atom. The summed E-state index contributed by atoms with van der Waals surface area (Å²) in [5.74, 6) is 1.07. The number of thiocarbonyl (C=S) groups is 1. The number of halogens is 1. The minimum atomic E-state index is 0.128. The van der Waals surface area contributed by atoms with E-state index in [-0.39, 0.29) is 11.9 Å². The Kier molecular flexibility index (Phi) is 8.98. The van der Waals surface area contributed by atoms with Crippen molar-refractivity contribution in [3.63, 3.8) is 0 Å². The quantitative estimate of drug-likeness (QED) is 0.353. The summed E-state index contributed by atoms with van der Waals surface area (Å²) in [6, 6.07) is 8.08. The Balaban J connectivity index is 1.60. The largest absolute Gasteiger partial charge is 0.362 e. The van der Waals surface area contributed by atoms with E-state index in [0.29, 0.717) is 6.54 Å². The van der Waals surface area contributed by atoms with E-state index in [9.17, 15) is 4.79 Å². The average molecular weight is 416 g/mol. The third kappa shape index (κ3) is 7.70. The van der Waals surface area contributed by atoms with Gasteiger partial charge in [0.1, 0.15) is 0 Å². The number of carbonyl (C=O) groups excluding carboxylic acids is 1. The lowest BCUT2D eigenvalue weighted by atomic mass is 10.3. The van der Waals surface area contributed by atoms with Crippen LogP contribution < -0.4 is 15.5 Å². The molecule has 8 heteroatoms. The van der Waals surface area contributed by atoms with Gasteiger partial charge in [-0.25, -0.2) is 0 Å². The second kappa shape index (κ2) is 11.0. The minimum Gasteiger partial charge on any atom is -0.362 e. The van der Waals surface area contributed by atoms with Crippen molar-refractivity contribution in [1.29, 1.82) is 0 Å². The van der Waals surface area contributed by atoms with E-state index in [4.69, 9.17) is 23.8 Å². The van der Waals surface area contributed by atoms with Gasteiger partial charge >= 0.3 is 0 Å². The molecule has 3 N–H and O–H groups in total. The predicted molar refractivity (Wildman–Crippen MR) is 113 cm³/mol. The molecule has 1 fully saturated rings. The van der Waals surface area contributed by atoms with Crippen LogP contribution in [-0.2, 0) is 4.79 Å². The zero-order valence-electron chi connectivity index (χ0n) is 15.4. The lowest BCUT2D eigenvalue weighted by Gasteiger charge is -2.33. The summed E-state index contributed by atoms with van der Waals surface area (Å²) in [4.78, 5) is 16.6. The van der Waals surface area contributed by atoms with Crippen LogP contribution in [0.4, 0.5) is 0 Å². The van der Waals surface area contributed by atoms with Crippen LogP contribution in [0, 0.1) is 0 Å². The fourth-order valence-corrected chi connectivity index (χ4v) is 3.95. The van der Waals surface area contributed by atoms with Crippen molar-refractivity contribution in [2.24, 2.45) is 0 Å². The molecule has 0 aliphatic carbocycles. The highest BCUT2D eigenvalue weighted by molar-refractivity contribution is 7.99. The molecule has 0 atom stereocenters. The summed E-state index contributed by atoms with van der Waals surface area (Å²) >= 11 is 13.2. The highest BCUT2D eigenvalue weighted by Crippen LogP contribution is 2.19. The normalized spacial score (nSPS) is 15.2. The Hall–Kier alpha value is -1.02. The van der Waals surface area contributed by atoms with Crippen LogP contribution in [-0.4, -0.2) is 67.0 Å². The van der Waals surface area contributed by atoms with E-state index >= 15 is 0 Å². The van der Waals surface area contributed by atoms with E-state index in [1.54, 1.807) is 11.8 Å². The number of hydrogen-bond donors (Lipinski definition) is 3. The van der Waals surface area contributed by atoms with E-state index in [1.165, 1.54) is 9.80 Å². The zero-order valence-corrected chi connectivity index (χ0v) is 17.8. The molecule has 2 rings (SSSR count). The maximum Gasteiger partial charge on any atom is 0.275 e. The molecule has 1 amide bonds. The number of nitrogens with one attached hydrogen (secondary N) is 3. The van der Waals surface area contributed by atoms with Gasteiger partial charge in [0, 0.05) is 28.3 Å². The predicted octanol–water partition coefficient (Wildman–Crippen LogP) is 1.03. The number of thioether (sulfide) groups is 1. The second-order valence-electron chi connectivity index (χ2n) is 6.67. The van der Waals surface area contributed by atoms with Crippen LogP contribution >= 0.6 is 35.6 Å². The standard InChI is InChI=1S/C18H27ClN4OS2/c1-14(2)21-17(24)13-22-8-10-23(11-9-22)18(25)20-7-12-26-16-5-3-15(19)4-6-16/h3-6,14H,7-13H2,1-2H3,(H,20,25)(H,21,24)/p+1. The van der Waals surface area contributed by atoms with Crippen molar-refractivity contribution < 1.29 is 9.69 Å². The monoisotopic (exact) mass is 415 g/mol. The van der Waals surface area contributed by atoms with Crippen molar-refractivity contribution in [1.82, 2.24) is 15.5 Å². The Labute approximate surface area is 170 Å². The van der Waals surface area contributed by atoms with E-state index in [2.05, 4.69) is 15.5 Å². The molecule has 1 aromatic rings. The van der Waals surface area contributed by atoms with Gasteiger partial charge in [0.15, 0.2) is 11.7 Å². The van der Waals surface area contributed by atoms with Crippen molar-refractivity contribution >= 4 is 46.6 Å². The summed E-state index contributed by atoms with van der Waals surface area (Å²) in [6.45, 7) is 9.00. The Morgan fingerprint density at radius 3 is 2.58 bits per heavy atom. The lowest BCUT2D eigenvalue weighted by molar-refractivity contribution is -0.895. The molecular formula is C18H28ClN4OS2+. The molecule has 0 unspecified atom stereocenters. The van der Waals surface area contributed by atoms with Crippen LogP contribution in [0.15, 0.2) is 29.2 Å². The minimum absolute atomic E-state index is 0.128. The number of benzene rings is 1. The van der Waals surface area contributed by atoms with Crippen molar-refractivity contribution in [3.05, 3.63) is 29.3 Å². The first-order chi connectivity index (χ1) is 12.4. The molecule has 26 heavy (non-hydrogen) atoms. The average Bonchev–Trinajstić information content (AvgIpc) is 2.60. The molecule has 0 saturated carbocycles. The first kappa shape index (κ1) is 21.3. The van der Waals surface area contributed by atoms with Crippen molar-refractivity contribution in [2.75, 3.05) is 45.0 Å². The Morgan fingerprint density at radius 1 is 1.31 bits per heavy atom. The fourth-order valence-electron chi connectivity index (χ4n) is 2.77. The molecule has 144 valence electrons. The summed E-state index contributed by atoms with van der Waals surface area (Å²) in [7, 11) is 0. The maximum atomic E-state index is 11.9. The van der Waals surface area contributed by atoms with Crippen LogP contribution in [0.3, 0.4) is 0 Å². The third-order valence-electron chi connectivity index (χ3n) is 4.08. The fraction of sp³-hybridized carbons (Fsp3) is 0.556. The van der Waals surface area contributed by atoms with Crippen molar-refractivity contribution in [2.45, 2.75) is 24.8 Å². The number of quaternary nitrogens is 1. The van der Waals surface area contributed by atoms with Gasteiger partial charge in [0.25, 0.3) is 5.91 Å². The third-order valence-corrected chi connectivity index (χ3v) is 5.75. The number of nitrogens with zero attached hydrogens (tertiary/aromatic N) is 1. The molecule has 1 aliphatic heterocycles. The first-order valence-electron chi connectivity index (χ1n) is 8.98. The van der Waals surface area contributed by atoms with E-state index in [0.717, 1.165) is 48.6 Å². The smallest absolute Gasteiger partial charge is 0.275 e. The zero-order chi connectivity index (χ0) is 18.9. The van der Waals surface area contributed by atoms with Gasteiger partial charge in [0.05, 0.1) is 26.2 Å². The number of carbonyl (C=O) groups is 1. The van der Waals surface area contributed by atoms with Gasteiger partial charge in [0.2, 0.25) is 0 Å². The second-order valence-corrected chi connectivity index (χ2v) is 8.66. The molecule has 0 bridgehead atoms. The molecule has 5 nitrogen and oxygen atoms in total. The topological polar surface area (TPSA) is 48.8 Å². The van der Waals surface area contributed by atoms with Gasteiger partial charge < -0.3 is 20.4 Å². The van der Waals surface area contributed by atoms with E-state index in [1.807, 2.05) is 38.1 Å². The number of amides is 1. The van der Waals surface area contributed by atoms with Crippen LogP contribution in [0.2, 0.25) is 5.02 Å². The molecular weight excluding hydrogens is 388 g/mol.